The van der Waals surface area contributed by atoms with Gasteiger partial charge in [-0.05, 0) is 11.1 Å². The molecule has 3 nitrogen and oxygen atoms in total. The van der Waals surface area contributed by atoms with Crippen LogP contribution in [0.15, 0.2) is 36.8 Å². The number of nitrogens with one attached hydrogen (secondary N) is 2. The van der Waals surface area contributed by atoms with Crippen molar-refractivity contribution in [2.24, 2.45) is 0 Å². The van der Waals surface area contributed by atoms with Crippen molar-refractivity contribution in [3.63, 3.8) is 0 Å². The highest BCUT2D eigenvalue weighted by molar-refractivity contribution is 5.38. The van der Waals surface area contributed by atoms with Gasteiger partial charge in [-0.3, -0.25) is 0 Å². The number of aromatic amines is 1. The SMILES string of the molecule is c1ccc2c(c1)CNC2c1cnc[nH]1. The van der Waals surface area contributed by atoms with Crippen LogP contribution in [0.5, 0.6) is 0 Å². The van der Waals surface area contributed by atoms with Crippen molar-refractivity contribution in [1.29, 1.82) is 0 Å². The van der Waals surface area contributed by atoms with Crippen molar-refractivity contribution in [2.75, 3.05) is 0 Å². The Morgan fingerprint density at radius 3 is 3.07 bits per heavy atom. The van der Waals surface area contributed by atoms with Gasteiger partial charge in [-0.15, -0.1) is 0 Å². The molecule has 0 fully saturated rings. The predicted molar refractivity (Wildman–Crippen MR) is 53.7 cm³/mol. The van der Waals surface area contributed by atoms with Crippen molar-refractivity contribution in [1.82, 2.24) is 15.3 Å². The molecular formula is C11H11N3. The van der Waals surface area contributed by atoms with Gasteiger partial charge in [0.15, 0.2) is 0 Å². The smallest absolute Gasteiger partial charge is 0.0922 e. The average Bonchev–Trinajstić information content (AvgIpc) is 2.85. The molecule has 0 bridgehead atoms. The number of H-pyrrole nitrogens is 1. The molecule has 2 heterocycles. The first kappa shape index (κ1) is 7.76. The fourth-order valence-corrected chi connectivity index (χ4v) is 2.00. The van der Waals surface area contributed by atoms with E-state index in [1.54, 1.807) is 6.33 Å². The quantitative estimate of drug-likeness (QED) is 0.708. The van der Waals surface area contributed by atoms with Crippen LogP contribution in [0.4, 0.5) is 0 Å². The molecule has 2 aromatic rings. The van der Waals surface area contributed by atoms with Gasteiger partial charge in [-0.1, -0.05) is 24.3 Å². The van der Waals surface area contributed by atoms with Crippen LogP contribution in [0.2, 0.25) is 0 Å². The van der Waals surface area contributed by atoms with E-state index in [4.69, 9.17) is 0 Å². The topological polar surface area (TPSA) is 40.7 Å². The fourth-order valence-electron chi connectivity index (χ4n) is 2.00. The zero-order valence-corrected chi connectivity index (χ0v) is 7.70. The van der Waals surface area contributed by atoms with Crippen LogP contribution in [-0.2, 0) is 6.54 Å². The molecule has 2 N–H and O–H groups in total. The summed E-state index contributed by atoms with van der Waals surface area (Å²) in [4.78, 5) is 7.19. The summed E-state index contributed by atoms with van der Waals surface area (Å²) in [5.74, 6) is 0. The third-order valence-electron chi connectivity index (χ3n) is 2.69. The molecule has 1 aliphatic heterocycles. The maximum absolute atomic E-state index is 4.04. The normalized spacial score (nSPS) is 19.6. The zero-order chi connectivity index (χ0) is 9.38. The average molecular weight is 185 g/mol. The Balaban J connectivity index is 2.06. The molecule has 0 saturated heterocycles. The second-order valence-electron chi connectivity index (χ2n) is 3.52. The molecular weight excluding hydrogens is 174 g/mol. The zero-order valence-electron chi connectivity index (χ0n) is 7.70. The molecule has 0 amide bonds. The standard InChI is InChI=1S/C11H11N3/c1-2-4-9-8(3-1)5-13-11(9)10-6-12-7-14-10/h1-4,6-7,11,13H,5H2,(H,12,14). The van der Waals surface area contributed by atoms with Crippen LogP contribution in [0, 0.1) is 0 Å². The molecule has 0 radical (unpaired) electrons. The Morgan fingerprint density at radius 1 is 1.29 bits per heavy atom. The van der Waals surface area contributed by atoms with Gasteiger partial charge < -0.3 is 10.3 Å². The van der Waals surface area contributed by atoms with E-state index in [0.29, 0.717) is 0 Å². The first-order valence-electron chi connectivity index (χ1n) is 4.74. The van der Waals surface area contributed by atoms with Gasteiger partial charge in [0.2, 0.25) is 0 Å². The van der Waals surface area contributed by atoms with E-state index in [0.717, 1.165) is 12.2 Å². The summed E-state index contributed by atoms with van der Waals surface area (Å²) in [7, 11) is 0. The maximum atomic E-state index is 4.04. The molecule has 3 heteroatoms. The molecule has 70 valence electrons. The number of hydrogen-bond donors (Lipinski definition) is 2. The van der Waals surface area contributed by atoms with E-state index in [1.165, 1.54) is 11.1 Å². The number of aromatic nitrogens is 2. The Bertz CT molecular complexity index is 434. The molecule has 1 aliphatic rings. The third kappa shape index (κ3) is 1.06. The summed E-state index contributed by atoms with van der Waals surface area (Å²) in [6, 6.07) is 8.78. The van der Waals surface area contributed by atoms with Crippen LogP contribution < -0.4 is 5.32 Å². The molecule has 1 aromatic carbocycles. The maximum Gasteiger partial charge on any atom is 0.0922 e. The summed E-state index contributed by atoms with van der Waals surface area (Å²) < 4.78 is 0. The Morgan fingerprint density at radius 2 is 2.21 bits per heavy atom. The molecule has 1 aromatic heterocycles. The lowest BCUT2D eigenvalue weighted by molar-refractivity contribution is 0.653. The number of nitrogens with zero attached hydrogens (tertiary/aromatic N) is 1. The highest BCUT2D eigenvalue weighted by Gasteiger charge is 2.23. The van der Waals surface area contributed by atoms with Crippen molar-refractivity contribution >= 4 is 0 Å². The first-order valence-corrected chi connectivity index (χ1v) is 4.74. The van der Waals surface area contributed by atoms with E-state index < -0.39 is 0 Å². The first-order chi connectivity index (χ1) is 6.95. The van der Waals surface area contributed by atoms with Crippen LogP contribution in [0.25, 0.3) is 0 Å². The minimum atomic E-state index is 0.286. The number of benzene rings is 1. The van der Waals surface area contributed by atoms with Crippen LogP contribution in [0.3, 0.4) is 0 Å². The van der Waals surface area contributed by atoms with Crippen LogP contribution in [0.1, 0.15) is 22.9 Å². The second-order valence-corrected chi connectivity index (χ2v) is 3.52. The molecule has 14 heavy (non-hydrogen) atoms. The van der Waals surface area contributed by atoms with Gasteiger partial charge in [-0.25, -0.2) is 4.98 Å². The molecule has 3 rings (SSSR count). The number of hydrogen-bond acceptors (Lipinski definition) is 2. The van der Waals surface area contributed by atoms with Gasteiger partial charge in [0.25, 0.3) is 0 Å². The fraction of sp³-hybridized carbons (Fsp3) is 0.182. The molecule has 1 unspecified atom stereocenters. The minimum absolute atomic E-state index is 0.286. The van der Waals surface area contributed by atoms with Gasteiger partial charge in [0.05, 0.1) is 18.1 Å². The molecule has 0 spiro atoms. The Hall–Kier alpha value is -1.61. The van der Waals surface area contributed by atoms with Crippen molar-refractivity contribution < 1.29 is 0 Å². The largest absolute Gasteiger partial charge is 0.347 e. The minimum Gasteiger partial charge on any atom is -0.347 e. The number of fused-ring (bicyclic) bond motifs is 1. The van der Waals surface area contributed by atoms with E-state index in [-0.39, 0.29) is 6.04 Å². The number of rotatable bonds is 1. The monoisotopic (exact) mass is 185 g/mol. The summed E-state index contributed by atoms with van der Waals surface area (Å²) in [5.41, 5.74) is 3.87. The lowest BCUT2D eigenvalue weighted by Crippen LogP contribution is -2.13. The second kappa shape index (κ2) is 2.96. The van der Waals surface area contributed by atoms with Gasteiger partial charge in [0, 0.05) is 12.7 Å². The molecule has 0 saturated carbocycles. The van der Waals surface area contributed by atoms with Crippen molar-refractivity contribution in [2.45, 2.75) is 12.6 Å². The van der Waals surface area contributed by atoms with E-state index in [9.17, 15) is 0 Å². The van der Waals surface area contributed by atoms with Crippen LogP contribution >= 0.6 is 0 Å². The van der Waals surface area contributed by atoms with E-state index >= 15 is 0 Å². The predicted octanol–water partition coefficient (Wildman–Crippen LogP) is 1.60. The van der Waals surface area contributed by atoms with E-state index in [1.807, 2.05) is 6.20 Å². The van der Waals surface area contributed by atoms with Gasteiger partial charge >= 0.3 is 0 Å². The lowest BCUT2D eigenvalue weighted by Gasteiger charge is -2.08. The summed E-state index contributed by atoms with van der Waals surface area (Å²) in [6.45, 7) is 0.944. The van der Waals surface area contributed by atoms with Crippen LogP contribution in [-0.4, -0.2) is 9.97 Å². The molecule has 0 aliphatic carbocycles. The summed E-state index contributed by atoms with van der Waals surface area (Å²) in [6.07, 6.45) is 3.59. The Kier molecular flexibility index (Phi) is 1.64. The highest BCUT2D eigenvalue weighted by Crippen LogP contribution is 2.28. The van der Waals surface area contributed by atoms with Crippen molar-refractivity contribution in [3.8, 4) is 0 Å². The van der Waals surface area contributed by atoms with E-state index in [2.05, 4.69) is 39.6 Å². The summed E-state index contributed by atoms with van der Waals surface area (Å²) >= 11 is 0. The highest BCUT2D eigenvalue weighted by atomic mass is 15.0. The number of imidazole rings is 1. The third-order valence-corrected chi connectivity index (χ3v) is 2.69. The van der Waals surface area contributed by atoms with Gasteiger partial charge in [0.1, 0.15) is 0 Å². The lowest BCUT2D eigenvalue weighted by atomic mass is 10.0. The van der Waals surface area contributed by atoms with Crippen molar-refractivity contribution in [3.05, 3.63) is 53.6 Å². The summed E-state index contributed by atoms with van der Waals surface area (Å²) in [5, 5.41) is 3.45. The Labute approximate surface area is 82.2 Å². The van der Waals surface area contributed by atoms with Gasteiger partial charge in [-0.2, -0.15) is 0 Å². The molecule has 1 atom stereocenters.